The topological polar surface area (TPSA) is 61.8 Å². The molecule has 2 rings (SSSR count). The van der Waals surface area contributed by atoms with E-state index in [0.29, 0.717) is 17.9 Å². The summed E-state index contributed by atoms with van der Waals surface area (Å²) in [4.78, 5) is 13.7. The molecule has 104 valence electrons. The highest BCUT2D eigenvalue weighted by molar-refractivity contribution is 5.97. The van der Waals surface area contributed by atoms with Crippen LogP contribution in [0.5, 0.6) is 5.75 Å². The molecule has 1 heterocycles. The molecule has 2 N–H and O–H groups in total. The van der Waals surface area contributed by atoms with Gasteiger partial charge < -0.3 is 20.1 Å². The molecule has 0 bridgehead atoms. The van der Waals surface area contributed by atoms with E-state index in [1.54, 1.807) is 6.92 Å². The number of hydrogen-bond acceptors (Lipinski definition) is 4. The summed E-state index contributed by atoms with van der Waals surface area (Å²) >= 11 is 0. The Hall–Kier alpha value is -1.59. The van der Waals surface area contributed by atoms with Crippen molar-refractivity contribution in [3.63, 3.8) is 0 Å². The minimum absolute atomic E-state index is 0.117. The Morgan fingerprint density at radius 2 is 2.21 bits per heavy atom. The molecule has 2 unspecified atom stereocenters. The summed E-state index contributed by atoms with van der Waals surface area (Å²) in [6.07, 6.45) is 0.192. The van der Waals surface area contributed by atoms with E-state index in [1.807, 2.05) is 37.2 Å². The highest BCUT2D eigenvalue weighted by Gasteiger charge is 2.24. The molecule has 1 aliphatic heterocycles. The van der Waals surface area contributed by atoms with Gasteiger partial charge in [0, 0.05) is 12.6 Å². The zero-order valence-corrected chi connectivity index (χ0v) is 11.5. The first-order valence-electron chi connectivity index (χ1n) is 6.41. The third-order valence-electron chi connectivity index (χ3n) is 3.35. The molecule has 1 aromatic rings. The number of hydrogen-bond donors (Lipinski definition) is 2. The molecular formula is C14H20N2O3. The van der Waals surface area contributed by atoms with Crippen molar-refractivity contribution in [3.05, 3.63) is 23.8 Å². The molecule has 0 aliphatic carbocycles. The smallest absolute Gasteiger partial charge is 0.265 e. The fraction of sp³-hybridized carbons (Fsp3) is 0.500. The van der Waals surface area contributed by atoms with Gasteiger partial charge in [0.1, 0.15) is 5.75 Å². The number of fused-ring (bicyclic) bond motifs is 1. The summed E-state index contributed by atoms with van der Waals surface area (Å²) in [7, 11) is 3.94. The zero-order chi connectivity index (χ0) is 14.0. The fourth-order valence-electron chi connectivity index (χ4n) is 2.28. The normalized spacial score (nSPS) is 19.6. The number of ether oxygens (including phenoxy) is 1. The van der Waals surface area contributed by atoms with E-state index in [4.69, 9.17) is 9.84 Å². The van der Waals surface area contributed by atoms with Crippen LogP contribution in [0.25, 0.3) is 0 Å². The number of nitrogens with one attached hydrogen (secondary N) is 1. The van der Waals surface area contributed by atoms with E-state index in [9.17, 15) is 4.79 Å². The molecule has 5 heteroatoms. The number of carbonyl (C=O) groups is 1. The third-order valence-corrected chi connectivity index (χ3v) is 3.35. The Bertz CT molecular complexity index is 474. The van der Waals surface area contributed by atoms with Crippen LogP contribution < -0.4 is 10.1 Å². The molecule has 0 saturated carbocycles. The maximum atomic E-state index is 11.6. The number of aliphatic hydroxyl groups is 1. The second-order valence-corrected chi connectivity index (χ2v) is 5.00. The lowest BCUT2D eigenvalue weighted by atomic mass is 10.0. The molecule has 0 radical (unpaired) electrons. The van der Waals surface area contributed by atoms with Gasteiger partial charge in [-0.1, -0.05) is 6.07 Å². The maximum absolute atomic E-state index is 11.6. The lowest BCUT2D eigenvalue weighted by Crippen LogP contribution is -2.34. The van der Waals surface area contributed by atoms with Crippen LogP contribution in [0, 0.1) is 0 Å². The number of amides is 1. The zero-order valence-electron chi connectivity index (χ0n) is 11.5. The summed E-state index contributed by atoms with van der Waals surface area (Å²) in [5.41, 5.74) is 1.75. The molecule has 19 heavy (non-hydrogen) atoms. The monoisotopic (exact) mass is 264 g/mol. The summed E-state index contributed by atoms with van der Waals surface area (Å²) in [6.45, 7) is 1.85. The van der Waals surface area contributed by atoms with Crippen molar-refractivity contribution < 1.29 is 14.6 Å². The van der Waals surface area contributed by atoms with Gasteiger partial charge in [-0.3, -0.25) is 4.79 Å². The van der Waals surface area contributed by atoms with Gasteiger partial charge in [-0.05, 0) is 45.1 Å². The van der Waals surface area contributed by atoms with Gasteiger partial charge in [-0.15, -0.1) is 0 Å². The van der Waals surface area contributed by atoms with Crippen molar-refractivity contribution in [2.45, 2.75) is 25.5 Å². The van der Waals surface area contributed by atoms with Crippen LogP contribution >= 0.6 is 0 Å². The lowest BCUT2D eigenvalue weighted by Gasteiger charge is -2.27. The highest BCUT2D eigenvalue weighted by Crippen LogP contribution is 2.33. The summed E-state index contributed by atoms with van der Waals surface area (Å²) < 4.78 is 5.52. The predicted molar refractivity (Wildman–Crippen MR) is 73.3 cm³/mol. The first-order chi connectivity index (χ1) is 9.02. The number of aliphatic hydroxyl groups excluding tert-OH is 1. The van der Waals surface area contributed by atoms with E-state index in [2.05, 4.69) is 5.32 Å². The quantitative estimate of drug-likeness (QED) is 0.862. The van der Waals surface area contributed by atoms with E-state index in [0.717, 1.165) is 5.56 Å². The van der Waals surface area contributed by atoms with E-state index in [-0.39, 0.29) is 18.6 Å². The second-order valence-electron chi connectivity index (χ2n) is 5.00. The molecule has 2 atom stereocenters. The van der Waals surface area contributed by atoms with Crippen LogP contribution in [0.15, 0.2) is 18.2 Å². The van der Waals surface area contributed by atoms with Crippen molar-refractivity contribution in [2.75, 3.05) is 26.0 Å². The van der Waals surface area contributed by atoms with E-state index in [1.165, 1.54) is 0 Å². The molecule has 0 saturated heterocycles. The van der Waals surface area contributed by atoms with Gasteiger partial charge in [0.25, 0.3) is 5.91 Å². The molecular weight excluding hydrogens is 244 g/mol. The predicted octanol–water partition coefficient (Wildman–Crippen LogP) is 1.39. The van der Waals surface area contributed by atoms with Gasteiger partial charge in [0.15, 0.2) is 6.10 Å². The van der Waals surface area contributed by atoms with Gasteiger partial charge in [0.2, 0.25) is 0 Å². The molecule has 1 aliphatic rings. The maximum Gasteiger partial charge on any atom is 0.265 e. The van der Waals surface area contributed by atoms with Crippen molar-refractivity contribution in [1.29, 1.82) is 0 Å². The Morgan fingerprint density at radius 3 is 2.84 bits per heavy atom. The number of benzene rings is 1. The number of rotatable bonds is 4. The Balaban J connectivity index is 2.30. The van der Waals surface area contributed by atoms with Crippen LogP contribution in [0.4, 0.5) is 5.69 Å². The summed E-state index contributed by atoms with van der Waals surface area (Å²) in [5.74, 6) is 0.561. The minimum atomic E-state index is -0.458. The Kier molecular flexibility index (Phi) is 4.07. The average molecular weight is 264 g/mol. The highest BCUT2D eigenvalue weighted by atomic mass is 16.5. The molecule has 0 aromatic heterocycles. The Labute approximate surface area is 113 Å². The van der Waals surface area contributed by atoms with Crippen LogP contribution in [0.3, 0.4) is 0 Å². The summed E-state index contributed by atoms with van der Waals surface area (Å²) in [5, 5.41) is 12.0. The minimum Gasteiger partial charge on any atom is -0.479 e. The van der Waals surface area contributed by atoms with Crippen molar-refractivity contribution in [2.24, 2.45) is 0 Å². The lowest BCUT2D eigenvalue weighted by molar-refractivity contribution is -0.122. The van der Waals surface area contributed by atoms with Gasteiger partial charge >= 0.3 is 0 Å². The van der Waals surface area contributed by atoms with Crippen LogP contribution in [-0.4, -0.2) is 42.7 Å². The molecule has 5 nitrogen and oxygen atoms in total. The molecule has 0 spiro atoms. The van der Waals surface area contributed by atoms with E-state index < -0.39 is 6.10 Å². The van der Waals surface area contributed by atoms with Gasteiger partial charge in [0.05, 0.1) is 5.69 Å². The third kappa shape index (κ3) is 2.88. The second kappa shape index (κ2) is 5.59. The molecule has 1 aromatic carbocycles. The number of nitrogens with zero attached hydrogens (tertiary/aromatic N) is 1. The van der Waals surface area contributed by atoms with E-state index >= 15 is 0 Å². The number of carbonyl (C=O) groups excluding carboxylic acids is 1. The van der Waals surface area contributed by atoms with Crippen LogP contribution in [-0.2, 0) is 4.79 Å². The number of anilines is 1. The van der Waals surface area contributed by atoms with Gasteiger partial charge in [-0.25, -0.2) is 0 Å². The van der Waals surface area contributed by atoms with Crippen LogP contribution in [0.2, 0.25) is 0 Å². The first kappa shape index (κ1) is 13.8. The SMILES string of the molecule is CC1Oc2ccc(C(CCO)N(C)C)cc2NC1=O. The van der Waals surface area contributed by atoms with Crippen molar-refractivity contribution in [3.8, 4) is 5.75 Å². The van der Waals surface area contributed by atoms with Gasteiger partial charge in [-0.2, -0.15) is 0 Å². The largest absolute Gasteiger partial charge is 0.479 e. The standard InChI is InChI=1S/C14H20N2O3/c1-9-14(18)15-11-8-10(4-5-13(11)19-9)12(6-7-17)16(2)3/h4-5,8-9,12,17H,6-7H2,1-3H3,(H,15,18). The van der Waals surface area contributed by atoms with Crippen molar-refractivity contribution in [1.82, 2.24) is 4.90 Å². The van der Waals surface area contributed by atoms with Crippen LogP contribution in [0.1, 0.15) is 24.9 Å². The summed E-state index contributed by atoms with van der Waals surface area (Å²) in [6, 6.07) is 5.88. The molecule has 0 fully saturated rings. The Morgan fingerprint density at radius 1 is 1.47 bits per heavy atom. The average Bonchev–Trinajstić information content (AvgIpc) is 2.36. The molecule has 1 amide bonds. The van der Waals surface area contributed by atoms with Crippen molar-refractivity contribution >= 4 is 11.6 Å². The fourth-order valence-corrected chi connectivity index (χ4v) is 2.28. The first-order valence-corrected chi connectivity index (χ1v) is 6.41.